The van der Waals surface area contributed by atoms with Gasteiger partial charge < -0.3 is 14.6 Å². The van der Waals surface area contributed by atoms with Gasteiger partial charge in [-0.25, -0.2) is 9.78 Å². The van der Waals surface area contributed by atoms with Crippen molar-refractivity contribution < 1.29 is 19.4 Å². The number of ether oxygens (including phenoxy) is 2. The smallest absolute Gasteiger partial charge is 0.413 e. The number of amides is 1. The number of methoxy groups -OCH3 is 2. The van der Waals surface area contributed by atoms with Crippen molar-refractivity contribution in [2.45, 2.75) is 6.54 Å². The van der Waals surface area contributed by atoms with Crippen molar-refractivity contribution in [3.63, 3.8) is 0 Å². The number of aromatic nitrogens is 5. The highest BCUT2D eigenvalue weighted by Crippen LogP contribution is 2.30. The number of nitrogens with zero attached hydrogens (tertiary/aromatic N) is 5. The first-order valence-electron chi connectivity index (χ1n) is 7.09. The topological polar surface area (TPSA) is 124 Å². The molecule has 0 saturated carbocycles. The van der Waals surface area contributed by atoms with E-state index in [9.17, 15) is 9.90 Å². The van der Waals surface area contributed by atoms with Crippen LogP contribution in [-0.4, -0.2) is 50.2 Å². The molecule has 0 unspecified atom stereocenters. The van der Waals surface area contributed by atoms with Crippen molar-refractivity contribution >= 4 is 54.9 Å². The van der Waals surface area contributed by atoms with E-state index in [1.54, 1.807) is 12.3 Å². The third-order valence-corrected chi connectivity index (χ3v) is 4.31. The minimum atomic E-state index is -0.754. The van der Waals surface area contributed by atoms with Gasteiger partial charge in [0, 0.05) is 10.7 Å². The number of fused-ring (bicyclic) bond motifs is 1. The van der Waals surface area contributed by atoms with Crippen molar-refractivity contribution in [1.29, 1.82) is 0 Å². The van der Waals surface area contributed by atoms with Crippen LogP contribution in [0.4, 0.5) is 10.7 Å². The van der Waals surface area contributed by atoms with Gasteiger partial charge in [-0.1, -0.05) is 0 Å². The first-order valence-corrected chi connectivity index (χ1v) is 8.68. The molecule has 26 heavy (non-hydrogen) atoms. The monoisotopic (exact) mass is 486 g/mol. The second-order valence-corrected chi connectivity index (χ2v) is 6.60. The second kappa shape index (κ2) is 7.41. The fourth-order valence-electron chi connectivity index (χ4n) is 2.23. The summed E-state index contributed by atoms with van der Waals surface area (Å²) < 4.78 is 12.4. The van der Waals surface area contributed by atoms with Gasteiger partial charge in [0.25, 0.3) is 0 Å². The van der Waals surface area contributed by atoms with Gasteiger partial charge in [0.05, 0.1) is 20.8 Å². The van der Waals surface area contributed by atoms with E-state index in [2.05, 4.69) is 62.0 Å². The number of aromatic hydroxyl groups is 1. The number of halogens is 2. The van der Waals surface area contributed by atoms with Gasteiger partial charge in [-0.05, 0) is 37.9 Å². The standard InChI is InChI=1S/C14H12Br2N6O4/c1-25-8-3-6(15)4-17-7(8)5-22-10-9(11(16)21-22)18-13(19-12(10)23)20-14(24)26-2/h3-4H,5H2,1-2H3,(H2,18,19,20,23,24). The van der Waals surface area contributed by atoms with Crippen molar-refractivity contribution in [1.82, 2.24) is 24.7 Å². The van der Waals surface area contributed by atoms with Gasteiger partial charge in [-0.15, -0.1) is 0 Å². The summed E-state index contributed by atoms with van der Waals surface area (Å²) in [5, 5.41) is 16.9. The maximum Gasteiger partial charge on any atom is 0.413 e. The Balaban J connectivity index is 2.04. The van der Waals surface area contributed by atoms with E-state index in [0.717, 1.165) is 4.47 Å². The summed E-state index contributed by atoms with van der Waals surface area (Å²) in [6.45, 7) is 0.208. The zero-order valence-corrected chi connectivity index (χ0v) is 16.7. The number of carbonyl (C=O) groups excluding carboxylic acids is 1. The molecule has 3 heterocycles. The van der Waals surface area contributed by atoms with Gasteiger partial charge in [0.15, 0.2) is 10.1 Å². The van der Waals surface area contributed by atoms with Crippen LogP contribution in [0.3, 0.4) is 0 Å². The molecule has 0 aliphatic heterocycles. The van der Waals surface area contributed by atoms with E-state index in [-0.39, 0.29) is 23.9 Å². The summed E-state index contributed by atoms with van der Waals surface area (Å²) in [7, 11) is 2.75. The van der Waals surface area contributed by atoms with Gasteiger partial charge in [-0.2, -0.15) is 10.1 Å². The molecule has 0 spiro atoms. The molecule has 0 radical (unpaired) electrons. The van der Waals surface area contributed by atoms with Gasteiger partial charge in [0.1, 0.15) is 17.0 Å². The quantitative estimate of drug-likeness (QED) is 0.575. The Kier molecular flexibility index (Phi) is 5.23. The van der Waals surface area contributed by atoms with Crippen molar-refractivity contribution in [2.24, 2.45) is 0 Å². The lowest BCUT2D eigenvalue weighted by atomic mass is 10.3. The first kappa shape index (κ1) is 18.3. The predicted molar refractivity (Wildman–Crippen MR) is 98.3 cm³/mol. The van der Waals surface area contributed by atoms with Crippen molar-refractivity contribution in [2.75, 3.05) is 19.5 Å². The summed E-state index contributed by atoms with van der Waals surface area (Å²) in [4.78, 5) is 23.6. The molecule has 3 aromatic rings. The highest BCUT2D eigenvalue weighted by Gasteiger charge is 2.19. The van der Waals surface area contributed by atoms with Crippen LogP contribution < -0.4 is 10.1 Å². The lowest BCUT2D eigenvalue weighted by Gasteiger charge is -2.09. The van der Waals surface area contributed by atoms with Crippen LogP contribution >= 0.6 is 31.9 Å². The average molecular weight is 488 g/mol. The third kappa shape index (κ3) is 3.55. The van der Waals surface area contributed by atoms with E-state index in [1.807, 2.05) is 0 Å². The number of anilines is 1. The molecule has 0 aliphatic rings. The van der Waals surface area contributed by atoms with E-state index < -0.39 is 6.09 Å². The Morgan fingerprint density at radius 1 is 1.35 bits per heavy atom. The molecule has 0 atom stereocenters. The SMILES string of the molecule is COC(=O)Nc1nc(O)c2c(n1)c(Br)nn2Cc1ncc(Br)cc1OC. The second-order valence-electron chi connectivity index (χ2n) is 4.94. The molecule has 3 aromatic heterocycles. The largest absolute Gasteiger partial charge is 0.495 e. The van der Waals surface area contributed by atoms with Gasteiger partial charge >= 0.3 is 6.09 Å². The number of hydrogen-bond donors (Lipinski definition) is 2. The van der Waals surface area contributed by atoms with Crippen LogP contribution in [-0.2, 0) is 11.3 Å². The normalized spacial score (nSPS) is 10.8. The molecule has 0 aromatic carbocycles. The molecule has 0 fully saturated rings. The fourth-order valence-corrected chi connectivity index (χ4v) is 3.01. The summed E-state index contributed by atoms with van der Waals surface area (Å²) >= 11 is 6.63. The number of pyridine rings is 1. The maximum atomic E-state index is 11.3. The van der Waals surface area contributed by atoms with Gasteiger partial charge in [0.2, 0.25) is 11.8 Å². The minimum Gasteiger partial charge on any atom is -0.495 e. The lowest BCUT2D eigenvalue weighted by molar-refractivity contribution is 0.186. The van der Waals surface area contributed by atoms with E-state index in [1.165, 1.54) is 18.9 Å². The lowest BCUT2D eigenvalue weighted by Crippen LogP contribution is -2.13. The zero-order chi connectivity index (χ0) is 18.8. The highest BCUT2D eigenvalue weighted by atomic mass is 79.9. The van der Waals surface area contributed by atoms with Crippen molar-refractivity contribution in [3.8, 4) is 11.6 Å². The van der Waals surface area contributed by atoms with Crippen LogP contribution in [0.5, 0.6) is 11.6 Å². The molecule has 3 rings (SSSR count). The average Bonchev–Trinajstić information content (AvgIpc) is 2.92. The maximum absolute atomic E-state index is 11.3. The minimum absolute atomic E-state index is 0.110. The molecule has 0 saturated heterocycles. The Morgan fingerprint density at radius 3 is 2.81 bits per heavy atom. The summed E-state index contributed by atoms with van der Waals surface area (Å²) in [5.74, 6) is 0.0978. The predicted octanol–water partition coefficient (Wildman–Crippen LogP) is 2.69. The van der Waals surface area contributed by atoms with Crippen LogP contribution in [0.1, 0.15) is 5.69 Å². The van der Waals surface area contributed by atoms with Crippen LogP contribution in [0.15, 0.2) is 21.3 Å². The van der Waals surface area contributed by atoms with Crippen molar-refractivity contribution in [3.05, 3.63) is 27.0 Å². The number of hydrogen-bond acceptors (Lipinski definition) is 8. The summed E-state index contributed by atoms with van der Waals surface area (Å²) in [6.07, 6.45) is 0.879. The fraction of sp³-hybridized carbons (Fsp3) is 0.214. The molecular formula is C14H12Br2N6O4. The first-order chi connectivity index (χ1) is 12.4. The Hall–Kier alpha value is -2.47. The number of nitrogens with one attached hydrogen (secondary N) is 1. The van der Waals surface area contributed by atoms with Crippen LogP contribution in [0.2, 0.25) is 0 Å². The molecule has 0 bridgehead atoms. The molecule has 12 heteroatoms. The van der Waals surface area contributed by atoms with Crippen LogP contribution in [0.25, 0.3) is 11.0 Å². The zero-order valence-electron chi connectivity index (χ0n) is 13.5. The summed E-state index contributed by atoms with van der Waals surface area (Å²) in [6, 6.07) is 1.78. The van der Waals surface area contributed by atoms with E-state index in [0.29, 0.717) is 21.6 Å². The van der Waals surface area contributed by atoms with Gasteiger partial charge in [-0.3, -0.25) is 15.0 Å². The third-order valence-electron chi connectivity index (χ3n) is 3.34. The highest BCUT2D eigenvalue weighted by molar-refractivity contribution is 9.10. The molecule has 0 aliphatic carbocycles. The molecule has 1 amide bonds. The van der Waals surface area contributed by atoms with Crippen LogP contribution in [0, 0.1) is 0 Å². The van der Waals surface area contributed by atoms with E-state index in [4.69, 9.17) is 4.74 Å². The molecule has 2 N–H and O–H groups in total. The van der Waals surface area contributed by atoms with E-state index >= 15 is 0 Å². The number of rotatable bonds is 4. The Labute approximate surface area is 163 Å². The molecule has 10 nitrogen and oxygen atoms in total. The molecular weight excluding hydrogens is 476 g/mol. The number of carbonyl (C=O) groups is 1. The summed E-state index contributed by atoms with van der Waals surface area (Å²) in [5.41, 5.74) is 1.20. The Morgan fingerprint density at radius 2 is 2.12 bits per heavy atom. The molecule has 136 valence electrons. The Bertz CT molecular complexity index is 993.